The monoisotopic (exact) mass is 386 g/mol. The predicted molar refractivity (Wildman–Crippen MR) is 110 cm³/mol. The largest absolute Gasteiger partial charge is 0.368 e. The summed E-state index contributed by atoms with van der Waals surface area (Å²) in [5.41, 5.74) is 7.94. The molecule has 0 amide bonds. The van der Waals surface area contributed by atoms with Crippen molar-refractivity contribution >= 4 is 17.4 Å². The van der Waals surface area contributed by atoms with E-state index < -0.39 is 0 Å². The molecule has 7 heteroatoms. The highest BCUT2D eigenvalue weighted by Crippen LogP contribution is 2.10. The van der Waals surface area contributed by atoms with E-state index >= 15 is 0 Å². The summed E-state index contributed by atoms with van der Waals surface area (Å²) in [7, 11) is 0. The molecule has 0 spiro atoms. The smallest absolute Gasteiger partial charge is 0.130 e. The summed E-state index contributed by atoms with van der Waals surface area (Å²) in [5, 5.41) is 20.7. The summed E-state index contributed by atoms with van der Waals surface area (Å²) in [4.78, 5) is 8.16. The first-order valence-electron chi connectivity index (χ1n) is 8.52. The molecule has 0 aliphatic rings. The fraction of sp³-hybridized carbons (Fsp3) is 0.400. The molecule has 0 atom stereocenters. The van der Waals surface area contributed by atoms with Crippen LogP contribution in [0.15, 0.2) is 24.3 Å². The Morgan fingerprint density at radius 1 is 0.926 bits per heavy atom. The van der Waals surface area contributed by atoms with Crippen molar-refractivity contribution in [2.75, 3.05) is 5.32 Å². The van der Waals surface area contributed by atoms with Gasteiger partial charge in [0.25, 0.3) is 0 Å². The van der Waals surface area contributed by atoms with Crippen LogP contribution in [0.2, 0.25) is 5.15 Å². The lowest BCUT2D eigenvalue weighted by Crippen LogP contribution is -2.11. The number of aryl methyl sites for hydroxylation is 2. The number of pyridine rings is 2. The first-order chi connectivity index (χ1) is 12.6. The average Bonchev–Trinajstić information content (AvgIpc) is 2.52. The summed E-state index contributed by atoms with van der Waals surface area (Å²) in [6.07, 6.45) is 0. The number of rotatable bonds is 2. The number of halogens is 1. The van der Waals surface area contributed by atoms with Crippen LogP contribution in [0.3, 0.4) is 0 Å². The Balaban J connectivity index is 0.000000428. The maximum Gasteiger partial charge on any atom is 0.130 e. The third-order valence-electron chi connectivity index (χ3n) is 2.57. The zero-order valence-corrected chi connectivity index (χ0v) is 17.5. The van der Waals surface area contributed by atoms with Crippen molar-refractivity contribution in [3.8, 4) is 12.1 Å². The van der Waals surface area contributed by atoms with Crippen LogP contribution in [0.1, 0.15) is 50.2 Å². The molecule has 0 aromatic carbocycles. The highest BCUT2D eigenvalue weighted by Gasteiger charge is 2.00. The molecule has 2 rings (SSSR count). The minimum atomic E-state index is 0.333. The zero-order chi connectivity index (χ0) is 21.0. The number of hydrogen-bond donors (Lipinski definition) is 2. The van der Waals surface area contributed by atoms with Gasteiger partial charge < -0.3 is 11.1 Å². The van der Waals surface area contributed by atoms with Crippen LogP contribution in [0.4, 0.5) is 5.82 Å². The van der Waals surface area contributed by atoms with Crippen LogP contribution >= 0.6 is 11.6 Å². The molecule has 2 aromatic rings. The molecule has 0 aliphatic carbocycles. The van der Waals surface area contributed by atoms with Gasteiger partial charge in [0.05, 0.1) is 23.3 Å². The maximum absolute atomic E-state index is 8.72. The quantitative estimate of drug-likeness (QED) is 0.742. The molecule has 0 saturated heterocycles. The topological polar surface area (TPSA) is 111 Å². The summed E-state index contributed by atoms with van der Waals surface area (Å²) >= 11 is 5.57. The van der Waals surface area contributed by atoms with E-state index in [1.165, 1.54) is 6.07 Å². The van der Waals surface area contributed by atoms with Crippen LogP contribution in [-0.4, -0.2) is 22.1 Å². The van der Waals surface area contributed by atoms with Gasteiger partial charge in [0.15, 0.2) is 0 Å². The van der Waals surface area contributed by atoms with Crippen molar-refractivity contribution < 1.29 is 0 Å². The number of nitrogens with zero attached hydrogens (tertiary/aromatic N) is 4. The van der Waals surface area contributed by atoms with E-state index in [2.05, 4.69) is 21.4 Å². The van der Waals surface area contributed by atoms with Gasteiger partial charge in [-0.3, -0.25) is 0 Å². The number of nitrogens with two attached hydrogens (primary N) is 1. The minimum absolute atomic E-state index is 0.333. The fourth-order valence-electron chi connectivity index (χ4n) is 1.80. The number of aromatic nitrogens is 2. The molecule has 3 N–H and O–H groups in total. The molecule has 144 valence electrons. The second-order valence-corrected chi connectivity index (χ2v) is 6.86. The van der Waals surface area contributed by atoms with E-state index in [0.717, 1.165) is 17.2 Å². The Kier molecular flexibility index (Phi) is 11.4. The predicted octanol–water partition coefficient (Wildman–Crippen LogP) is 4.35. The molecular weight excluding hydrogens is 360 g/mol. The third kappa shape index (κ3) is 12.3. The van der Waals surface area contributed by atoms with Gasteiger partial charge >= 0.3 is 0 Å². The van der Waals surface area contributed by atoms with E-state index in [9.17, 15) is 0 Å². The fourth-order valence-corrected chi connectivity index (χ4v) is 2.05. The molecule has 27 heavy (non-hydrogen) atoms. The normalized spacial score (nSPS) is 9.33. The van der Waals surface area contributed by atoms with Crippen molar-refractivity contribution in [1.82, 2.24) is 9.97 Å². The van der Waals surface area contributed by atoms with Crippen LogP contribution in [0.25, 0.3) is 0 Å². The van der Waals surface area contributed by atoms with E-state index in [-0.39, 0.29) is 0 Å². The van der Waals surface area contributed by atoms with Gasteiger partial charge in [-0.1, -0.05) is 25.4 Å². The van der Waals surface area contributed by atoms with Crippen molar-refractivity contribution in [1.29, 1.82) is 10.5 Å². The number of anilines is 1. The number of nitrogens with one attached hydrogen (secondary N) is 1. The summed E-state index contributed by atoms with van der Waals surface area (Å²) in [6, 6.07) is 11.5. The Morgan fingerprint density at radius 2 is 1.37 bits per heavy atom. The maximum atomic E-state index is 8.72. The highest BCUT2D eigenvalue weighted by atomic mass is 35.5. The Bertz CT molecular complexity index is 780. The summed E-state index contributed by atoms with van der Waals surface area (Å²) in [6.45, 7) is 11.6. The molecule has 6 nitrogen and oxygen atoms in total. The second kappa shape index (κ2) is 12.6. The van der Waals surface area contributed by atoms with Crippen LogP contribution in [0, 0.1) is 36.5 Å². The Hall–Kier alpha value is -2.67. The molecular formula is C20H27ClN6. The van der Waals surface area contributed by atoms with Crippen LogP contribution < -0.4 is 11.1 Å². The first kappa shape index (κ1) is 24.3. The van der Waals surface area contributed by atoms with Gasteiger partial charge in [-0.15, -0.1) is 0 Å². The SMILES string of the molecule is CC(C)N.Cc1cc(C#N)cc(Cl)n1.Cc1cc(C#N)cc(NC(C)C)n1. The van der Waals surface area contributed by atoms with Crippen LogP contribution in [-0.2, 0) is 0 Å². The van der Waals surface area contributed by atoms with Crippen molar-refractivity contribution in [3.05, 3.63) is 51.9 Å². The second-order valence-electron chi connectivity index (χ2n) is 6.47. The van der Waals surface area contributed by atoms with E-state index in [4.69, 9.17) is 27.9 Å². The van der Waals surface area contributed by atoms with Gasteiger partial charge in [-0.25, -0.2) is 9.97 Å². The van der Waals surface area contributed by atoms with Gasteiger partial charge in [0, 0.05) is 17.4 Å². The van der Waals surface area contributed by atoms with Gasteiger partial charge in [-0.2, -0.15) is 10.5 Å². The molecule has 0 saturated carbocycles. The number of hydrogen-bond acceptors (Lipinski definition) is 6. The molecule has 0 bridgehead atoms. The van der Waals surface area contributed by atoms with E-state index in [1.807, 2.05) is 40.7 Å². The molecule has 0 radical (unpaired) electrons. The van der Waals surface area contributed by atoms with Gasteiger partial charge in [0.2, 0.25) is 0 Å². The van der Waals surface area contributed by atoms with Gasteiger partial charge in [-0.05, 0) is 58.0 Å². The molecule has 0 aliphatic heterocycles. The molecule has 0 unspecified atom stereocenters. The minimum Gasteiger partial charge on any atom is -0.368 e. The van der Waals surface area contributed by atoms with Crippen molar-refractivity contribution in [2.45, 2.75) is 53.6 Å². The lowest BCUT2D eigenvalue weighted by molar-refractivity contribution is 0.834. The standard InChI is InChI=1S/C10H13N3.C7H5ClN2.C3H9N/c1-7(2)12-10-5-9(6-11)4-8(3)13-10;1-5-2-6(4-9)3-7(8)10-5;1-3(2)4/h4-5,7H,1-3H3,(H,12,13);2-3H,1H3;3H,4H2,1-2H3. The lowest BCUT2D eigenvalue weighted by Gasteiger charge is -2.09. The van der Waals surface area contributed by atoms with E-state index in [0.29, 0.717) is 28.4 Å². The molecule has 2 aromatic heterocycles. The first-order valence-corrected chi connectivity index (χ1v) is 8.90. The van der Waals surface area contributed by atoms with E-state index in [1.54, 1.807) is 25.1 Å². The molecule has 2 heterocycles. The highest BCUT2D eigenvalue weighted by molar-refractivity contribution is 6.29. The Morgan fingerprint density at radius 3 is 1.78 bits per heavy atom. The number of nitriles is 2. The summed E-state index contributed by atoms with van der Waals surface area (Å²) < 4.78 is 0. The Labute approximate surface area is 167 Å². The zero-order valence-electron chi connectivity index (χ0n) is 16.7. The average molecular weight is 387 g/mol. The van der Waals surface area contributed by atoms with Gasteiger partial charge in [0.1, 0.15) is 11.0 Å². The lowest BCUT2D eigenvalue weighted by atomic mass is 10.2. The van der Waals surface area contributed by atoms with Crippen LogP contribution in [0.5, 0.6) is 0 Å². The third-order valence-corrected chi connectivity index (χ3v) is 2.76. The van der Waals surface area contributed by atoms with Crippen molar-refractivity contribution in [3.63, 3.8) is 0 Å². The molecule has 0 fully saturated rings. The summed E-state index contributed by atoms with van der Waals surface area (Å²) in [5.74, 6) is 0.770. The van der Waals surface area contributed by atoms with Crippen molar-refractivity contribution in [2.24, 2.45) is 5.73 Å².